The summed E-state index contributed by atoms with van der Waals surface area (Å²) in [7, 11) is 1.64. The van der Waals surface area contributed by atoms with Gasteiger partial charge in [-0.05, 0) is 45.9 Å². The van der Waals surface area contributed by atoms with Crippen LogP contribution < -0.4 is 15.2 Å². The number of rotatable bonds is 5. The molecule has 0 atom stereocenters. The van der Waals surface area contributed by atoms with E-state index in [1.165, 1.54) is 0 Å². The third-order valence-electron chi connectivity index (χ3n) is 3.09. The molecule has 1 aromatic heterocycles. The van der Waals surface area contributed by atoms with Crippen molar-refractivity contribution in [1.29, 1.82) is 0 Å². The van der Waals surface area contributed by atoms with E-state index < -0.39 is 0 Å². The average Bonchev–Trinajstić information content (AvgIpc) is 2.81. The van der Waals surface area contributed by atoms with Crippen molar-refractivity contribution in [3.63, 3.8) is 0 Å². The molecule has 0 spiro atoms. The minimum Gasteiger partial charge on any atom is -0.493 e. The molecule has 0 unspecified atom stereocenters. The minimum absolute atomic E-state index is 0.380. The van der Waals surface area contributed by atoms with Crippen LogP contribution in [0.3, 0.4) is 0 Å². The predicted octanol–water partition coefficient (Wildman–Crippen LogP) is 3.72. The van der Waals surface area contributed by atoms with Gasteiger partial charge in [0, 0.05) is 16.0 Å². The van der Waals surface area contributed by atoms with Crippen LogP contribution in [0, 0.1) is 6.92 Å². The number of ether oxygens (including phenoxy) is 2. The topological polar surface area (TPSA) is 57.4 Å². The molecule has 1 aromatic carbocycles. The van der Waals surface area contributed by atoms with Crippen LogP contribution in [0.2, 0.25) is 0 Å². The lowest BCUT2D eigenvalue weighted by molar-refractivity contribution is 0.311. The van der Waals surface area contributed by atoms with Gasteiger partial charge in [-0.15, -0.1) is 11.3 Å². The van der Waals surface area contributed by atoms with Gasteiger partial charge >= 0.3 is 0 Å². The summed E-state index contributed by atoms with van der Waals surface area (Å²) in [6.07, 6.45) is 0. The fourth-order valence-electron chi connectivity index (χ4n) is 2.19. The molecule has 21 heavy (non-hydrogen) atoms. The first-order chi connectivity index (χ1) is 9.86. The number of nitrogens with two attached hydrogens (primary N) is 1. The van der Waals surface area contributed by atoms with Crippen molar-refractivity contribution in [3.05, 3.63) is 28.8 Å². The van der Waals surface area contributed by atoms with Gasteiger partial charge in [0.15, 0.2) is 11.5 Å². The zero-order valence-electron chi connectivity index (χ0n) is 13.2. The highest BCUT2D eigenvalue weighted by molar-refractivity contribution is 7.15. The summed E-state index contributed by atoms with van der Waals surface area (Å²) >= 11 is 1.63. The normalized spacial score (nSPS) is 11.5. The van der Waals surface area contributed by atoms with Crippen molar-refractivity contribution in [2.24, 2.45) is 5.73 Å². The minimum atomic E-state index is -0.380. The molecule has 2 N–H and O–H groups in total. The van der Waals surface area contributed by atoms with E-state index in [4.69, 9.17) is 15.2 Å². The van der Waals surface area contributed by atoms with Crippen LogP contribution in [0.4, 0.5) is 0 Å². The number of aryl methyl sites for hydroxylation is 1. The Morgan fingerprint density at radius 3 is 2.52 bits per heavy atom. The van der Waals surface area contributed by atoms with Gasteiger partial charge in [-0.25, -0.2) is 4.98 Å². The van der Waals surface area contributed by atoms with Crippen LogP contribution in [0.5, 0.6) is 11.5 Å². The van der Waals surface area contributed by atoms with Crippen molar-refractivity contribution < 1.29 is 9.47 Å². The first-order valence-corrected chi connectivity index (χ1v) is 7.76. The standard InChI is InChI=1S/C16H22N2O2S/c1-6-20-12-8-7-11(9-13(12)19-5)15-18-10(2)14(21-15)16(3,4)17/h7-9H,6,17H2,1-5H3. The van der Waals surface area contributed by atoms with Crippen molar-refractivity contribution in [2.75, 3.05) is 13.7 Å². The molecule has 0 aliphatic carbocycles. The quantitative estimate of drug-likeness (QED) is 0.914. The molecule has 0 saturated heterocycles. The lowest BCUT2D eigenvalue weighted by Gasteiger charge is -2.16. The molecular formula is C16H22N2O2S. The van der Waals surface area contributed by atoms with Crippen molar-refractivity contribution in [1.82, 2.24) is 4.98 Å². The van der Waals surface area contributed by atoms with E-state index >= 15 is 0 Å². The predicted molar refractivity (Wildman–Crippen MR) is 87.2 cm³/mol. The summed E-state index contributed by atoms with van der Waals surface area (Å²) in [5, 5.41) is 0.947. The molecule has 0 amide bonds. The summed E-state index contributed by atoms with van der Waals surface area (Å²) in [6, 6.07) is 5.87. The first kappa shape index (κ1) is 15.8. The maximum Gasteiger partial charge on any atom is 0.161 e. The number of benzene rings is 1. The second-order valence-electron chi connectivity index (χ2n) is 5.45. The lowest BCUT2D eigenvalue weighted by Crippen LogP contribution is -2.28. The second-order valence-corrected chi connectivity index (χ2v) is 6.45. The monoisotopic (exact) mass is 306 g/mol. The number of nitrogens with zero attached hydrogens (tertiary/aromatic N) is 1. The summed E-state index contributed by atoms with van der Waals surface area (Å²) in [4.78, 5) is 5.74. The van der Waals surface area contributed by atoms with E-state index in [0.717, 1.165) is 32.6 Å². The van der Waals surface area contributed by atoms with Gasteiger partial charge in [0.1, 0.15) is 5.01 Å². The van der Waals surface area contributed by atoms with Crippen LogP contribution in [-0.4, -0.2) is 18.7 Å². The highest BCUT2D eigenvalue weighted by Crippen LogP contribution is 2.37. The van der Waals surface area contributed by atoms with E-state index in [1.807, 2.05) is 45.9 Å². The van der Waals surface area contributed by atoms with Crippen molar-refractivity contribution >= 4 is 11.3 Å². The molecule has 2 rings (SSSR count). The van der Waals surface area contributed by atoms with Crippen molar-refractivity contribution in [3.8, 4) is 22.1 Å². The maximum absolute atomic E-state index is 6.19. The molecule has 0 saturated carbocycles. The fraction of sp³-hybridized carbons (Fsp3) is 0.438. The van der Waals surface area contributed by atoms with Crippen LogP contribution in [-0.2, 0) is 5.54 Å². The number of aromatic nitrogens is 1. The molecular weight excluding hydrogens is 284 g/mol. The molecule has 0 radical (unpaired) electrons. The van der Waals surface area contributed by atoms with Crippen molar-refractivity contribution in [2.45, 2.75) is 33.2 Å². The molecule has 0 aliphatic rings. The third-order valence-corrected chi connectivity index (χ3v) is 4.64. The van der Waals surface area contributed by atoms with Gasteiger partial charge in [-0.2, -0.15) is 0 Å². The van der Waals surface area contributed by atoms with E-state index in [-0.39, 0.29) is 5.54 Å². The Labute approximate surface area is 129 Å². The van der Waals surface area contributed by atoms with Crippen LogP contribution in [0.25, 0.3) is 10.6 Å². The third kappa shape index (κ3) is 3.36. The molecule has 4 nitrogen and oxygen atoms in total. The maximum atomic E-state index is 6.19. The van der Waals surface area contributed by atoms with Gasteiger partial charge in [0.25, 0.3) is 0 Å². The Balaban J connectivity index is 2.43. The summed E-state index contributed by atoms with van der Waals surface area (Å²) in [5.41, 5.74) is 7.81. The van der Waals surface area contributed by atoms with Crippen LogP contribution in [0.1, 0.15) is 31.3 Å². The molecule has 1 heterocycles. The van der Waals surface area contributed by atoms with Crippen LogP contribution in [0.15, 0.2) is 18.2 Å². The number of methoxy groups -OCH3 is 1. The zero-order valence-corrected chi connectivity index (χ0v) is 14.0. The molecule has 5 heteroatoms. The zero-order chi connectivity index (χ0) is 15.6. The molecule has 114 valence electrons. The Morgan fingerprint density at radius 1 is 1.29 bits per heavy atom. The van der Waals surface area contributed by atoms with E-state index in [9.17, 15) is 0 Å². The number of thiazole rings is 1. The SMILES string of the molecule is CCOc1ccc(-c2nc(C)c(C(C)(C)N)s2)cc1OC. The number of hydrogen-bond donors (Lipinski definition) is 1. The molecule has 0 fully saturated rings. The van der Waals surface area contributed by atoms with E-state index in [2.05, 4.69) is 4.98 Å². The summed E-state index contributed by atoms with van der Waals surface area (Å²) < 4.78 is 10.9. The van der Waals surface area contributed by atoms with Gasteiger partial charge in [-0.1, -0.05) is 0 Å². The average molecular weight is 306 g/mol. The van der Waals surface area contributed by atoms with Gasteiger partial charge in [0.2, 0.25) is 0 Å². The fourth-order valence-corrected chi connectivity index (χ4v) is 3.27. The Hall–Kier alpha value is -1.59. The second kappa shape index (κ2) is 6.03. The van der Waals surface area contributed by atoms with Gasteiger partial charge in [-0.3, -0.25) is 0 Å². The van der Waals surface area contributed by atoms with Crippen LogP contribution >= 0.6 is 11.3 Å². The number of hydrogen-bond acceptors (Lipinski definition) is 5. The highest BCUT2D eigenvalue weighted by atomic mass is 32.1. The largest absolute Gasteiger partial charge is 0.493 e. The summed E-state index contributed by atoms with van der Waals surface area (Å²) in [6.45, 7) is 8.55. The molecule has 0 bridgehead atoms. The first-order valence-electron chi connectivity index (χ1n) is 6.94. The van der Waals surface area contributed by atoms with Gasteiger partial charge in [0.05, 0.1) is 19.4 Å². The Morgan fingerprint density at radius 2 is 2.00 bits per heavy atom. The highest BCUT2D eigenvalue weighted by Gasteiger charge is 2.22. The van der Waals surface area contributed by atoms with E-state index in [0.29, 0.717) is 6.61 Å². The molecule has 2 aromatic rings. The van der Waals surface area contributed by atoms with Gasteiger partial charge < -0.3 is 15.2 Å². The van der Waals surface area contributed by atoms with E-state index in [1.54, 1.807) is 18.4 Å². The lowest BCUT2D eigenvalue weighted by atomic mass is 10.0. The Kier molecular flexibility index (Phi) is 4.54. The molecule has 0 aliphatic heterocycles. The smallest absolute Gasteiger partial charge is 0.161 e. The summed E-state index contributed by atoms with van der Waals surface area (Å²) in [5.74, 6) is 1.46. The Bertz CT molecular complexity index is 630.